The van der Waals surface area contributed by atoms with Gasteiger partial charge in [0.15, 0.2) is 0 Å². The molecule has 2 N–H and O–H groups in total. The molecule has 5 nitrogen and oxygen atoms in total. The summed E-state index contributed by atoms with van der Waals surface area (Å²) < 4.78 is 18.5. The Morgan fingerprint density at radius 3 is 2.82 bits per heavy atom. The summed E-state index contributed by atoms with van der Waals surface area (Å²) in [7, 11) is 0. The fourth-order valence-electron chi connectivity index (χ4n) is 1.66. The second-order valence-electron chi connectivity index (χ2n) is 4.85. The average Bonchev–Trinajstić information content (AvgIpc) is 2.49. The summed E-state index contributed by atoms with van der Waals surface area (Å²) in [5.74, 6) is 0.304. The summed E-state index contributed by atoms with van der Waals surface area (Å²) in [6, 6.07) is 8.88. The predicted molar refractivity (Wildman–Crippen MR) is 82.6 cm³/mol. The molecule has 0 fully saturated rings. The standard InChI is InChI=1S/C16H18FN3O2/c1-3-11(2)19-16(21)20-13-7-8-15(18-10-13)22-14-6-4-5-12(17)9-14/h4-11H,3H2,1-2H3,(H2,19,20,21)/t11-/m0/s1. The van der Waals surface area contributed by atoms with Crippen molar-refractivity contribution < 1.29 is 13.9 Å². The van der Waals surface area contributed by atoms with Gasteiger partial charge in [-0.15, -0.1) is 0 Å². The molecule has 2 rings (SSSR count). The quantitative estimate of drug-likeness (QED) is 0.879. The van der Waals surface area contributed by atoms with E-state index in [0.29, 0.717) is 17.3 Å². The van der Waals surface area contributed by atoms with Gasteiger partial charge in [-0.2, -0.15) is 0 Å². The molecule has 0 bridgehead atoms. The van der Waals surface area contributed by atoms with Crippen LogP contribution >= 0.6 is 0 Å². The normalized spacial score (nSPS) is 11.6. The largest absolute Gasteiger partial charge is 0.439 e. The molecule has 1 aromatic heterocycles. The van der Waals surface area contributed by atoms with E-state index in [1.165, 1.54) is 18.3 Å². The van der Waals surface area contributed by atoms with Gasteiger partial charge in [0.2, 0.25) is 5.88 Å². The lowest BCUT2D eigenvalue weighted by Crippen LogP contribution is -2.35. The van der Waals surface area contributed by atoms with E-state index in [4.69, 9.17) is 4.74 Å². The van der Waals surface area contributed by atoms with E-state index in [1.807, 2.05) is 13.8 Å². The van der Waals surface area contributed by atoms with Gasteiger partial charge in [0.05, 0.1) is 11.9 Å². The molecule has 2 aromatic rings. The number of hydrogen-bond donors (Lipinski definition) is 2. The van der Waals surface area contributed by atoms with Gasteiger partial charge in [-0.25, -0.2) is 14.2 Å². The molecule has 0 aliphatic heterocycles. The molecular weight excluding hydrogens is 285 g/mol. The summed E-state index contributed by atoms with van der Waals surface area (Å²) in [5.41, 5.74) is 0.549. The van der Waals surface area contributed by atoms with E-state index in [9.17, 15) is 9.18 Å². The number of aromatic nitrogens is 1. The Kier molecular flexibility index (Phi) is 5.30. The van der Waals surface area contributed by atoms with E-state index in [2.05, 4.69) is 15.6 Å². The summed E-state index contributed by atoms with van der Waals surface area (Å²) in [5, 5.41) is 5.47. The molecule has 0 saturated heterocycles. The van der Waals surface area contributed by atoms with Crippen LogP contribution in [0, 0.1) is 5.82 Å². The molecule has 0 saturated carbocycles. The molecule has 0 spiro atoms. The van der Waals surface area contributed by atoms with Gasteiger partial charge in [0.1, 0.15) is 11.6 Å². The monoisotopic (exact) mass is 303 g/mol. The van der Waals surface area contributed by atoms with Gasteiger partial charge >= 0.3 is 6.03 Å². The Hall–Kier alpha value is -2.63. The molecular formula is C16H18FN3O2. The number of nitrogens with zero attached hydrogens (tertiary/aromatic N) is 1. The third kappa shape index (κ3) is 4.73. The second kappa shape index (κ2) is 7.40. The van der Waals surface area contributed by atoms with Crippen molar-refractivity contribution >= 4 is 11.7 Å². The summed E-state index contributed by atoms with van der Waals surface area (Å²) in [4.78, 5) is 15.7. The number of halogens is 1. The summed E-state index contributed by atoms with van der Waals surface area (Å²) in [6.45, 7) is 3.92. The first-order valence-corrected chi connectivity index (χ1v) is 7.04. The Labute approximate surface area is 128 Å². The van der Waals surface area contributed by atoms with Gasteiger partial charge in [-0.1, -0.05) is 13.0 Å². The molecule has 1 heterocycles. The number of ether oxygens (including phenoxy) is 1. The summed E-state index contributed by atoms with van der Waals surface area (Å²) in [6.07, 6.45) is 2.33. The van der Waals surface area contributed by atoms with Gasteiger partial charge < -0.3 is 15.4 Å². The molecule has 1 atom stereocenters. The van der Waals surface area contributed by atoms with Crippen LogP contribution in [-0.2, 0) is 0 Å². The molecule has 6 heteroatoms. The lowest BCUT2D eigenvalue weighted by molar-refractivity contribution is 0.249. The Morgan fingerprint density at radius 2 is 2.18 bits per heavy atom. The van der Waals surface area contributed by atoms with E-state index < -0.39 is 0 Å². The molecule has 0 unspecified atom stereocenters. The minimum Gasteiger partial charge on any atom is -0.439 e. The highest BCUT2D eigenvalue weighted by Gasteiger charge is 2.06. The smallest absolute Gasteiger partial charge is 0.319 e. The van der Waals surface area contributed by atoms with Crippen LogP contribution in [0.4, 0.5) is 14.9 Å². The number of urea groups is 1. The number of amides is 2. The fraction of sp³-hybridized carbons (Fsp3) is 0.250. The molecule has 0 aliphatic rings. The van der Waals surface area contributed by atoms with Gasteiger partial charge in [0, 0.05) is 18.2 Å². The van der Waals surface area contributed by atoms with Crippen molar-refractivity contribution in [3.8, 4) is 11.6 Å². The SMILES string of the molecule is CC[C@H](C)NC(=O)Nc1ccc(Oc2cccc(F)c2)nc1. The third-order valence-electron chi connectivity index (χ3n) is 3.00. The zero-order valence-corrected chi connectivity index (χ0v) is 12.5. The first-order valence-electron chi connectivity index (χ1n) is 7.04. The molecule has 1 aromatic carbocycles. The van der Waals surface area contributed by atoms with Crippen LogP contribution in [-0.4, -0.2) is 17.1 Å². The molecule has 116 valence electrons. The second-order valence-corrected chi connectivity index (χ2v) is 4.85. The highest BCUT2D eigenvalue weighted by molar-refractivity contribution is 5.89. The summed E-state index contributed by atoms with van der Waals surface area (Å²) >= 11 is 0. The van der Waals surface area contributed by atoms with Gasteiger partial charge in [-0.3, -0.25) is 0 Å². The van der Waals surface area contributed by atoms with E-state index in [1.54, 1.807) is 24.3 Å². The van der Waals surface area contributed by atoms with Crippen molar-refractivity contribution in [1.82, 2.24) is 10.3 Å². The Morgan fingerprint density at radius 1 is 1.36 bits per heavy atom. The highest BCUT2D eigenvalue weighted by Crippen LogP contribution is 2.20. The van der Waals surface area contributed by atoms with Crippen molar-refractivity contribution in [1.29, 1.82) is 0 Å². The zero-order valence-electron chi connectivity index (χ0n) is 12.5. The van der Waals surface area contributed by atoms with Crippen LogP contribution < -0.4 is 15.4 Å². The molecule has 0 radical (unpaired) electrons. The lowest BCUT2D eigenvalue weighted by Gasteiger charge is -2.12. The average molecular weight is 303 g/mol. The maximum Gasteiger partial charge on any atom is 0.319 e. The fourth-order valence-corrected chi connectivity index (χ4v) is 1.66. The number of rotatable bonds is 5. The Balaban J connectivity index is 1.94. The number of hydrogen-bond acceptors (Lipinski definition) is 3. The maximum atomic E-state index is 13.1. The van der Waals surface area contributed by atoms with Crippen molar-refractivity contribution in [2.24, 2.45) is 0 Å². The van der Waals surface area contributed by atoms with Crippen molar-refractivity contribution in [2.45, 2.75) is 26.3 Å². The Bertz CT molecular complexity index is 632. The minimum absolute atomic E-state index is 0.101. The maximum absolute atomic E-state index is 13.1. The van der Waals surface area contributed by atoms with Crippen LogP contribution in [0.1, 0.15) is 20.3 Å². The van der Waals surface area contributed by atoms with Crippen LogP contribution in [0.3, 0.4) is 0 Å². The van der Waals surface area contributed by atoms with Crippen LogP contribution in [0.5, 0.6) is 11.6 Å². The van der Waals surface area contributed by atoms with E-state index in [0.717, 1.165) is 6.42 Å². The number of nitrogens with one attached hydrogen (secondary N) is 2. The molecule has 22 heavy (non-hydrogen) atoms. The van der Waals surface area contributed by atoms with E-state index >= 15 is 0 Å². The number of benzene rings is 1. The van der Waals surface area contributed by atoms with Crippen molar-refractivity contribution in [3.63, 3.8) is 0 Å². The van der Waals surface area contributed by atoms with Gasteiger partial charge in [0.25, 0.3) is 0 Å². The number of pyridine rings is 1. The van der Waals surface area contributed by atoms with Crippen molar-refractivity contribution in [3.05, 3.63) is 48.4 Å². The first-order chi connectivity index (χ1) is 10.6. The van der Waals surface area contributed by atoms with Crippen LogP contribution in [0.15, 0.2) is 42.6 Å². The minimum atomic E-state index is -0.377. The number of anilines is 1. The topological polar surface area (TPSA) is 63.2 Å². The third-order valence-corrected chi connectivity index (χ3v) is 3.00. The molecule has 2 amide bonds. The lowest BCUT2D eigenvalue weighted by atomic mass is 10.3. The zero-order chi connectivity index (χ0) is 15.9. The number of carbonyl (C=O) groups excluding carboxylic acids is 1. The molecule has 0 aliphatic carbocycles. The van der Waals surface area contributed by atoms with Crippen LogP contribution in [0.25, 0.3) is 0 Å². The van der Waals surface area contributed by atoms with Crippen molar-refractivity contribution in [2.75, 3.05) is 5.32 Å². The van der Waals surface area contributed by atoms with E-state index in [-0.39, 0.29) is 17.9 Å². The predicted octanol–water partition coefficient (Wildman–Crippen LogP) is 3.93. The van der Waals surface area contributed by atoms with Crippen LogP contribution in [0.2, 0.25) is 0 Å². The first kappa shape index (κ1) is 15.8. The number of carbonyl (C=O) groups is 1. The highest BCUT2D eigenvalue weighted by atomic mass is 19.1. The van der Waals surface area contributed by atoms with Gasteiger partial charge in [-0.05, 0) is 31.5 Å².